The number of nitrogens with one attached hydrogen (secondary N) is 1. The predicted molar refractivity (Wildman–Crippen MR) is 41.7 cm³/mol. The van der Waals surface area contributed by atoms with Crippen molar-refractivity contribution in [1.29, 1.82) is 0 Å². The molecule has 4 nitrogen and oxygen atoms in total. The van der Waals surface area contributed by atoms with E-state index in [1.807, 2.05) is 6.92 Å². The second-order valence-corrected chi connectivity index (χ2v) is 2.44. The van der Waals surface area contributed by atoms with Crippen LogP contribution >= 0.6 is 0 Å². The van der Waals surface area contributed by atoms with Crippen molar-refractivity contribution in [2.45, 2.75) is 32.7 Å². The van der Waals surface area contributed by atoms with Crippen LogP contribution in [0.2, 0.25) is 0 Å². The van der Waals surface area contributed by atoms with Gasteiger partial charge in [0.25, 0.3) is 0 Å². The average Bonchev–Trinajstić information content (AvgIpc) is 1.86. The Morgan fingerprint density at radius 2 is 2.09 bits per heavy atom. The summed E-state index contributed by atoms with van der Waals surface area (Å²) in [7, 11) is 0. The molecule has 0 aromatic heterocycles. The van der Waals surface area contributed by atoms with Gasteiger partial charge in [0.15, 0.2) is 0 Å². The second kappa shape index (κ2) is 4.71. The third-order valence-corrected chi connectivity index (χ3v) is 1.30. The minimum Gasteiger partial charge on any atom is -0.368 e. The van der Waals surface area contributed by atoms with Gasteiger partial charge < -0.3 is 11.1 Å². The maximum Gasteiger partial charge on any atom is 0.239 e. The summed E-state index contributed by atoms with van der Waals surface area (Å²) in [5.41, 5.74) is 5.02. The van der Waals surface area contributed by atoms with Gasteiger partial charge in [-0.15, -0.1) is 0 Å². The molecule has 3 N–H and O–H groups in total. The summed E-state index contributed by atoms with van der Waals surface area (Å²) in [5.74, 6) is -0.690. The number of carbonyl (C=O) groups excluding carboxylic acids is 2. The largest absolute Gasteiger partial charge is 0.368 e. The van der Waals surface area contributed by atoms with Gasteiger partial charge in [-0.25, -0.2) is 0 Å². The molecule has 0 aliphatic carbocycles. The first kappa shape index (κ1) is 9.94. The monoisotopic (exact) mass is 158 g/mol. The van der Waals surface area contributed by atoms with E-state index < -0.39 is 11.9 Å². The van der Waals surface area contributed by atoms with Crippen LogP contribution in [0.4, 0.5) is 0 Å². The van der Waals surface area contributed by atoms with Gasteiger partial charge in [-0.2, -0.15) is 0 Å². The lowest BCUT2D eigenvalue weighted by Gasteiger charge is -2.11. The van der Waals surface area contributed by atoms with Gasteiger partial charge in [0.05, 0.1) is 0 Å². The molecule has 1 unspecified atom stereocenters. The van der Waals surface area contributed by atoms with E-state index in [4.69, 9.17) is 5.73 Å². The summed E-state index contributed by atoms with van der Waals surface area (Å²) in [6, 6.07) is -0.502. The van der Waals surface area contributed by atoms with Crippen molar-refractivity contribution in [3.63, 3.8) is 0 Å². The zero-order chi connectivity index (χ0) is 8.85. The number of hydrogen-bond acceptors (Lipinski definition) is 2. The Morgan fingerprint density at radius 3 is 2.36 bits per heavy atom. The second-order valence-electron chi connectivity index (χ2n) is 2.44. The number of carbonyl (C=O) groups is 2. The van der Waals surface area contributed by atoms with Gasteiger partial charge in [0, 0.05) is 6.92 Å². The Morgan fingerprint density at radius 1 is 1.55 bits per heavy atom. The number of amides is 2. The van der Waals surface area contributed by atoms with Gasteiger partial charge in [-0.1, -0.05) is 13.3 Å². The number of primary amides is 1. The van der Waals surface area contributed by atoms with E-state index in [1.54, 1.807) is 0 Å². The van der Waals surface area contributed by atoms with Crippen molar-refractivity contribution < 1.29 is 9.59 Å². The third-order valence-electron chi connectivity index (χ3n) is 1.30. The lowest BCUT2D eigenvalue weighted by Crippen LogP contribution is -2.43. The highest BCUT2D eigenvalue weighted by Crippen LogP contribution is 1.94. The lowest BCUT2D eigenvalue weighted by molar-refractivity contribution is -0.126. The smallest absolute Gasteiger partial charge is 0.239 e. The molecule has 0 aliphatic heterocycles. The van der Waals surface area contributed by atoms with Crippen LogP contribution in [0.1, 0.15) is 26.7 Å². The third kappa shape index (κ3) is 4.36. The number of nitrogens with two attached hydrogens (primary N) is 1. The van der Waals surface area contributed by atoms with E-state index in [0.29, 0.717) is 6.42 Å². The van der Waals surface area contributed by atoms with E-state index >= 15 is 0 Å². The molecule has 0 saturated heterocycles. The van der Waals surface area contributed by atoms with Crippen LogP contribution in [0.5, 0.6) is 0 Å². The molecular formula is C7H14N2O2. The Kier molecular flexibility index (Phi) is 4.26. The normalized spacial score (nSPS) is 12.2. The number of hydrogen-bond donors (Lipinski definition) is 2. The molecule has 0 aromatic rings. The summed E-state index contributed by atoms with van der Waals surface area (Å²) in [6.45, 7) is 3.29. The van der Waals surface area contributed by atoms with Crippen LogP contribution in [0.3, 0.4) is 0 Å². The molecule has 0 rings (SSSR count). The SMILES string of the molecule is CCCC(NC(C)=O)C(N)=O. The molecule has 11 heavy (non-hydrogen) atoms. The van der Waals surface area contributed by atoms with Crippen molar-refractivity contribution in [2.75, 3.05) is 0 Å². The fourth-order valence-electron chi connectivity index (χ4n) is 0.820. The molecule has 0 aliphatic rings. The van der Waals surface area contributed by atoms with Crippen molar-refractivity contribution in [2.24, 2.45) is 5.73 Å². The average molecular weight is 158 g/mol. The van der Waals surface area contributed by atoms with Crippen LogP contribution in [0, 0.1) is 0 Å². The molecule has 0 aromatic carbocycles. The fraction of sp³-hybridized carbons (Fsp3) is 0.714. The van der Waals surface area contributed by atoms with Crippen molar-refractivity contribution in [3.8, 4) is 0 Å². The summed E-state index contributed by atoms with van der Waals surface area (Å²) < 4.78 is 0. The Bertz CT molecular complexity index is 157. The highest BCUT2D eigenvalue weighted by molar-refractivity contribution is 5.85. The Labute approximate surface area is 66.1 Å². The fourth-order valence-corrected chi connectivity index (χ4v) is 0.820. The first-order chi connectivity index (χ1) is 5.07. The molecule has 0 heterocycles. The maximum absolute atomic E-state index is 10.6. The van der Waals surface area contributed by atoms with Gasteiger partial charge in [0.2, 0.25) is 11.8 Å². The Hall–Kier alpha value is -1.06. The van der Waals surface area contributed by atoms with Crippen LogP contribution < -0.4 is 11.1 Å². The molecule has 1 atom stereocenters. The van der Waals surface area contributed by atoms with E-state index in [-0.39, 0.29) is 5.91 Å². The van der Waals surface area contributed by atoms with E-state index in [2.05, 4.69) is 5.32 Å². The van der Waals surface area contributed by atoms with Gasteiger partial charge in [-0.05, 0) is 6.42 Å². The molecular weight excluding hydrogens is 144 g/mol. The van der Waals surface area contributed by atoms with Crippen molar-refractivity contribution in [1.82, 2.24) is 5.32 Å². The highest BCUT2D eigenvalue weighted by Gasteiger charge is 2.13. The highest BCUT2D eigenvalue weighted by atomic mass is 16.2. The summed E-state index contributed by atoms with van der Waals surface area (Å²) in [6.07, 6.45) is 1.43. The van der Waals surface area contributed by atoms with E-state index in [9.17, 15) is 9.59 Å². The lowest BCUT2D eigenvalue weighted by atomic mass is 10.1. The minimum atomic E-state index is -0.502. The molecule has 0 bridgehead atoms. The Balaban J connectivity index is 3.89. The van der Waals surface area contributed by atoms with Crippen LogP contribution in [-0.4, -0.2) is 17.9 Å². The minimum absolute atomic E-state index is 0.220. The van der Waals surface area contributed by atoms with Gasteiger partial charge >= 0.3 is 0 Å². The van der Waals surface area contributed by atoms with Crippen LogP contribution in [0.15, 0.2) is 0 Å². The van der Waals surface area contributed by atoms with Crippen LogP contribution in [0.25, 0.3) is 0 Å². The first-order valence-corrected chi connectivity index (χ1v) is 3.64. The van der Waals surface area contributed by atoms with E-state index in [0.717, 1.165) is 6.42 Å². The zero-order valence-electron chi connectivity index (χ0n) is 6.89. The standard InChI is InChI=1S/C7H14N2O2/c1-3-4-6(7(8)11)9-5(2)10/h6H,3-4H2,1-2H3,(H2,8,11)(H,9,10). The molecule has 0 fully saturated rings. The molecule has 2 amide bonds. The van der Waals surface area contributed by atoms with Gasteiger partial charge in [0.1, 0.15) is 6.04 Å². The molecule has 4 heteroatoms. The number of rotatable bonds is 4. The van der Waals surface area contributed by atoms with Crippen molar-refractivity contribution in [3.05, 3.63) is 0 Å². The van der Waals surface area contributed by atoms with E-state index in [1.165, 1.54) is 6.92 Å². The predicted octanol–water partition coefficient (Wildman–Crippen LogP) is -0.223. The summed E-state index contributed by atoms with van der Waals surface area (Å²) in [5, 5.41) is 2.47. The summed E-state index contributed by atoms with van der Waals surface area (Å²) in [4.78, 5) is 21.1. The van der Waals surface area contributed by atoms with Crippen molar-refractivity contribution >= 4 is 11.8 Å². The molecule has 0 radical (unpaired) electrons. The quantitative estimate of drug-likeness (QED) is 0.593. The van der Waals surface area contributed by atoms with Crippen LogP contribution in [-0.2, 0) is 9.59 Å². The topological polar surface area (TPSA) is 72.2 Å². The molecule has 0 spiro atoms. The molecule has 0 saturated carbocycles. The summed E-state index contributed by atoms with van der Waals surface area (Å²) >= 11 is 0. The first-order valence-electron chi connectivity index (χ1n) is 3.64. The van der Waals surface area contributed by atoms with Gasteiger partial charge in [-0.3, -0.25) is 9.59 Å². The zero-order valence-corrected chi connectivity index (χ0v) is 6.89. The molecule has 64 valence electrons. The maximum atomic E-state index is 10.6.